The zero-order valence-corrected chi connectivity index (χ0v) is 9.02. The van der Waals surface area contributed by atoms with Gasteiger partial charge in [-0.25, -0.2) is 0 Å². The van der Waals surface area contributed by atoms with Gasteiger partial charge in [0.05, 0.1) is 12.3 Å². The quantitative estimate of drug-likeness (QED) is 0.785. The lowest BCUT2D eigenvalue weighted by Gasteiger charge is -2.30. The number of aliphatic hydroxyl groups is 1. The summed E-state index contributed by atoms with van der Waals surface area (Å²) >= 11 is 2.30. The molecule has 1 fully saturated rings. The summed E-state index contributed by atoms with van der Waals surface area (Å²) in [6, 6.07) is 0. The third-order valence-electron chi connectivity index (χ3n) is 2.45. The van der Waals surface area contributed by atoms with Crippen LogP contribution < -0.4 is 0 Å². The standard InChI is InChI=1S/C8H11IN2O/c1-11-8(9)7(4-10-11)5-2-6(12)3-5/h4-6,12H,2-3H2,1H3. The summed E-state index contributed by atoms with van der Waals surface area (Å²) in [5, 5.41) is 13.3. The minimum atomic E-state index is -0.0778. The van der Waals surface area contributed by atoms with Crippen molar-refractivity contribution in [1.82, 2.24) is 9.78 Å². The van der Waals surface area contributed by atoms with E-state index in [0.29, 0.717) is 5.92 Å². The van der Waals surface area contributed by atoms with Gasteiger partial charge in [0.25, 0.3) is 0 Å². The summed E-state index contributed by atoms with van der Waals surface area (Å²) in [7, 11) is 1.94. The van der Waals surface area contributed by atoms with Crippen LogP contribution in [0.15, 0.2) is 6.20 Å². The van der Waals surface area contributed by atoms with Crippen LogP contribution in [0, 0.1) is 3.70 Å². The molecule has 2 rings (SSSR count). The maximum absolute atomic E-state index is 9.15. The van der Waals surface area contributed by atoms with E-state index in [4.69, 9.17) is 5.11 Å². The van der Waals surface area contributed by atoms with Crippen molar-refractivity contribution in [2.45, 2.75) is 24.9 Å². The summed E-state index contributed by atoms with van der Waals surface area (Å²) in [6.45, 7) is 0. The van der Waals surface area contributed by atoms with Gasteiger partial charge in [0.2, 0.25) is 0 Å². The molecular weight excluding hydrogens is 267 g/mol. The van der Waals surface area contributed by atoms with E-state index in [1.807, 2.05) is 17.9 Å². The molecule has 1 N–H and O–H groups in total. The molecule has 0 amide bonds. The van der Waals surface area contributed by atoms with E-state index in [1.54, 1.807) is 0 Å². The van der Waals surface area contributed by atoms with Crippen LogP contribution in [-0.2, 0) is 7.05 Å². The van der Waals surface area contributed by atoms with Gasteiger partial charge in [-0.15, -0.1) is 0 Å². The number of aliphatic hydroxyl groups excluding tert-OH is 1. The molecule has 0 spiro atoms. The summed E-state index contributed by atoms with van der Waals surface area (Å²) in [5.41, 5.74) is 1.29. The zero-order chi connectivity index (χ0) is 8.72. The highest BCUT2D eigenvalue weighted by atomic mass is 127. The molecule has 3 nitrogen and oxygen atoms in total. The number of nitrogens with zero attached hydrogens (tertiary/aromatic N) is 2. The lowest BCUT2D eigenvalue weighted by atomic mass is 9.79. The van der Waals surface area contributed by atoms with Crippen LogP contribution in [0.3, 0.4) is 0 Å². The lowest BCUT2D eigenvalue weighted by Crippen LogP contribution is -2.26. The van der Waals surface area contributed by atoms with Crippen molar-refractivity contribution in [3.63, 3.8) is 0 Å². The first kappa shape index (κ1) is 8.50. The molecule has 0 radical (unpaired) electrons. The largest absolute Gasteiger partial charge is 0.393 e. The highest BCUT2D eigenvalue weighted by molar-refractivity contribution is 14.1. The van der Waals surface area contributed by atoms with Gasteiger partial charge >= 0.3 is 0 Å². The molecular formula is C8H11IN2O. The van der Waals surface area contributed by atoms with Crippen LogP contribution in [0.1, 0.15) is 24.3 Å². The van der Waals surface area contributed by atoms with Gasteiger partial charge in [-0.2, -0.15) is 5.10 Å². The van der Waals surface area contributed by atoms with E-state index in [9.17, 15) is 0 Å². The third-order valence-corrected chi connectivity index (χ3v) is 3.77. The highest BCUT2D eigenvalue weighted by Crippen LogP contribution is 2.38. The Bertz CT molecular complexity index is 291. The highest BCUT2D eigenvalue weighted by Gasteiger charge is 2.30. The third kappa shape index (κ3) is 1.26. The first-order valence-electron chi connectivity index (χ1n) is 4.04. The topological polar surface area (TPSA) is 38.0 Å². The molecule has 1 saturated carbocycles. The molecule has 0 atom stereocenters. The van der Waals surface area contributed by atoms with Crippen LogP contribution in [0.2, 0.25) is 0 Å². The summed E-state index contributed by atoms with van der Waals surface area (Å²) < 4.78 is 3.07. The van der Waals surface area contributed by atoms with Gasteiger partial charge in [0.1, 0.15) is 3.70 Å². The summed E-state index contributed by atoms with van der Waals surface area (Å²) in [5.74, 6) is 0.542. The smallest absolute Gasteiger partial charge is 0.102 e. The second kappa shape index (κ2) is 2.99. The molecule has 0 aliphatic heterocycles. The van der Waals surface area contributed by atoms with Crippen molar-refractivity contribution in [3.8, 4) is 0 Å². The molecule has 12 heavy (non-hydrogen) atoms. The zero-order valence-electron chi connectivity index (χ0n) is 6.87. The van der Waals surface area contributed by atoms with E-state index in [-0.39, 0.29) is 6.10 Å². The van der Waals surface area contributed by atoms with Gasteiger partial charge in [0.15, 0.2) is 0 Å². The van der Waals surface area contributed by atoms with Gasteiger partial charge in [-0.05, 0) is 41.4 Å². The fourth-order valence-electron chi connectivity index (χ4n) is 1.56. The van der Waals surface area contributed by atoms with Gasteiger partial charge in [-0.1, -0.05) is 0 Å². The Morgan fingerprint density at radius 3 is 2.75 bits per heavy atom. The van der Waals surface area contributed by atoms with Crippen LogP contribution in [0.4, 0.5) is 0 Å². The van der Waals surface area contributed by atoms with E-state index in [2.05, 4.69) is 27.7 Å². The molecule has 1 aliphatic rings. The van der Waals surface area contributed by atoms with Crippen LogP contribution in [-0.4, -0.2) is 21.0 Å². The molecule has 0 unspecified atom stereocenters. The first-order chi connectivity index (χ1) is 5.68. The number of hydrogen-bond donors (Lipinski definition) is 1. The molecule has 1 aliphatic carbocycles. The fraction of sp³-hybridized carbons (Fsp3) is 0.625. The Balaban J connectivity index is 2.18. The molecule has 1 aromatic heterocycles. The van der Waals surface area contributed by atoms with Crippen molar-refractivity contribution >= 4 is 22.6 Å². The molecule has 4 heteroatoms. The predicted molar refractivity (Wildman–Crippen MR) is 53.9 cm³/mol. The fourth-order valence-corrected chi connectivity index (χ4v) is 2.26. The SMILES string of the molecule is Cn1ncc(C2CC(O)C2)c1I. The molecule has 0 saturated heterocycles. The summed E-state index contributed by atoms with van der Waals surface area (Å²) in [4.78, 5) is 0. The second-order valence-corrected chi connectivity index (χ2v) is 4.36. The van der Waals surface area contributed by atoms with Crippen LogP contribution >= 0.6 is 22.6 Å². The minimum Gasteiger partial charge on any atom is -0.393 e. The van der Waals surface area contributed by atoms with E-state index >= 15 is 0 Å². The average molecular weight is 278 g/mol. The van der Waals surface area contributed by atoms with Crippen molar-refractivity contribution in [3.05, 3.63) is 15.5 Å². The average Bonchev–Trinajstić information content (AvgIpc) is 2.28. The Morgan fingerprint density at radius 1 is 1.67 bits per heavy atom. The lowest BCUT2D eigenvalue weighted by molar-refractivity contribution is 0.0743. The van der Waals surface area contributed by atoms with Gasteiger partial charge in [0, 0.05) is 12.6 Å². The number of rotatable bonds is 1. The Hall–Kier alpha value is -0.100. The Kier molecular flexibility index (Phi) is 2.12. The van der Waals surface area contributed by atoms with Crippen molar-refractivity contribution in [2.75, 3.05) is 0 Å². The van der Waals surface area contributed by atoms with Gasteiger partial charge in [-0.3, -0.25) is 4.68 Å². The summed E-state index contributed by atoms with van der Waals surface area (Å²) in [6.07, 6.45) is 3.65. The van der Waals surface area contributed by atoms with Crippen LogP contribution in [0.25, 0.3) is 0 Å². The van der Waals surface area contributed by atoms with Crippen LogP contribution in [0.5, 0.6) is 0 Å². The predicted octanol–water partition coefficient (Wildman–Crippen LogP) is 1.26. The molecule has 1 heterocycles. The number of hydrogen-bond acceptors (Lipinski definition) is 2. The second-order valence-electron chi connectivity index (χ2n) is 3.34. The molecule has 0 bridgehead atoms. The Labute approximate surface area is 84.9 Å². The maximum atomic E-state index is 9.15. The Morgan fingerprint density at radius 2 is 2.33 bits per heavy atom. The van der Waals surface area contributed by atoms with Gasteiger partial charge < -0.3 is 5.11 Å². The number of aromatic nitrogens is 2. The maximum Gasteiger partial charge on any atom is 0.102 e. The molecule has 66 valence electrons. The minimum absolute atomic E-state index is 0.0778. The van der Waals surface area contributed by atoms with E-state index < -0.39 is 0 Å². The number of aryl methyl sites for hydroxylation is 1. The molecule has 1 aromatic rings. The number of halogens is 1. The first-order valence-corrected chi connectivity index (χ1v) is 5.12. The van der Waals surface area contributed by atoms with E-state index in [1.165, 1.54) is 9.26 Å². The van der Waals surface area contributed by atoms with Crippen molar-refractivity contribution < 1.29 is 5.11 Å². The molecule has 0 aromatic carbocycles. The van der Waals surface area contributed by atoms with Crippen molar-refractivity contribution in [2.24, 2.45) is 7.05 Å². The van der Waals surface area contributed by atoms with Crippen molar-refractivity contribution in [1.29, 1.82) is 0 Å². The van der Waals surface area contributed by atoms with E-state index in [0.717, 1.165) is 12.8 Å². The normalized spacial score (nSPS) is 28.6. The monoisotopic (exact) mass is 278 g/mol.